The molecule has 0 aliphatic carbocycles. The SMILES string of the molecule is CC(C)(C)OC(=O)N1CCCCC1CCCOCc1ccncc1. The van der Waals surface area contributed by atoms with Crippen molar-refractivity contribution in [3.05, 3.63) is 30.1 Å². The molecule has 2 rings (SSSR count). The molecule has 5 heteroatoms. The monoisotopic (exact) mass is 334 g/mol. The number of ether oxygens (including phenoxy) is 2. The summed E-state index contributed by atoms with van der Waals surface area (Å²) in [7, 11) is 0. The maximum atomic E-state index is 12.4. The van der Waals surface area contributed by atoms with Crippen molar-refractivity contribution in [3.63, 3.8) is 0 Å². The molecule has 0 radical (unpaired) electrons. The summed E-state index contributed by atoms with van der Waals surface area (Å²) in [5, 5.41) is 0. The van der Waals surface area contributed by atoms with Gasteiger partial charge >= 0.3 is 6.09 Å². The van der Waals surface area contributed by atoms with Crippen LogP contribution in [0.2, 0.25) is 0 Å². The molecule has 134 valence electrons. The average molecular weight is 334 g/mol. The van der Waals surface area contributed by atoms with E-state index in [0.29, 0.717) is 13.2 Å². The van der Waals surface area contributed by atoms with Crippen LogP contribution in [0.15, 0.2) is 24.5 Å². The minimum absolute atomic E-state index is 0.176. The Labute approximate surface area is 145 Å². The number of piperidine rings is 1. The molecule has 1 aliphatic rings. The Morgan fingerprint density at radius 2 is 2.04 bits per heavy atom. The molecule has 1 atom stereocenters. The first-order chi connectivity index (χ1) is 11.5. The second-order valence-electron chi connectivity index (χ2n) is 7.37. The van der Waals surface area contributed by atoms with Gasteiger partial charge in [-0.25, -0.2) is 4.79 Å². The van der Waals surface area contributed by atoms with Crippen LogP contribution in [0, 0.1) is 0 Å². The average Bonchev–Trinajstić information content (AvgIpc) is 2.54. The fourth-order valence-electron chi connectivity index (χ4n) is 2.95. The van der Waals surface area contributed by atoms with Crippen LogP contribution in [0.3, 0.4) is 0 Å². The molecule has 1 amide bonds. The largest absolute Gasteiger partial charge is 0.444 e. The molecular formula is C19H30N2O3. The Bertz CT molecular complexity index is 499. The summed E-state index contributed by atoms with van der Waals surface area (Å²) < 4.78 is 11.3. The number of aromatic nitrogens is 1. The highest BCUT2D eigenvalue weighted by atomic mass is 16.6. The lowest BCUT2D eigenvalue weighted by molar-refractivity contribution is 0.00726. The first kappa shape index (κ1) is 18.7. The molecule has 0 spiro atoms. The number of amides is 1. The van der Waals surface area contributed by atoms with Gasteiger partial charge in [-0.15, -0.1) is 0 Å². The van der Waals surface area contributed by atoms with Crippen molar-refractivity contribution in [2.24, 2.45) is 0 Å². The summed E-state index contributed by atoms with van der Waals surface area (Å²) in [5.41, 5.74) is 0.699. The van der Waals surface area contributed by atoms with Crippen LogP contribution in [0.5, 0.6) is 0 Å². The van der Waals surface area contributed by atoms with E-state index in [-0.39, 0.29) is 12.1 Å². The van der Waals surface area contributed by atoms with E-state index < -0.39 is 5.60 Å². The van der Waals surface area contributed by atoms with Crippen molar-refractivity contribution < 1.29 is 14.3 Å². The van der Waals surface area contributed by atoms with Crippen molar-refractivity contribution >= 4 is 6.09 Å². The van der Waals surface area contributed by atoms with Gasteiger partial charge in [0, 0.05) is 31.6 Å². The minimum Gasteiger partial charge on any atom is -0.444 e. The van der Waals surface area contributed by atoms with Crippen molar-refractivity contribution in [1.82, 2.24) is 9.88 Å². The highest BCUT2D eigenvalue weighted by Crippen LogP contribution is 2.23. The van der Waals surface area contributed by atoms with Crippen molar-refractivity contribution in [2.45, 2.75) is 71.1 Å². The number of carbonyl (C=O) groups excluding carboxylic acids is 1. The molecule has 1 unspecified atom stereocenters. The number of hydrogen-bond donors (Lipinski definition) is 0. The molecule has 0 bridgehead atoms. The van der Waals surface area contributed by atoms with Gasteiger partial charge in [-0.2, -0.15) is 0 Å². The number of hydrogen-bond acceptors (Lipinski definition) is 4. The summed E-state index contributed by atoms with van der Waals surface area (Å²) >= 11 is 0. The minimum atomic E-state index is -0.438. The van der Waals surface area contributed by atoms with Crippen LogP contribution in [0.25, 0.3) is 0 Å². The first-order valence-electron chi connectivity index (χ1n) is 8.92. The lowest BCUT2D eigenvalue weighted by atomic mass is 9.98. The highest BCUT2D eigenvalue weighted by molar-refractivity contribution is 5.68. The molecule has 5 nitrogen and oxygen atoms in total. The molecule has 24 heavy (non-hydrogen) atoms. The normalized spacial score (nSPS) is 18.5. The summed E-state index contributed by atoms with van der Waals surface area (Å²) in [4.78, 5) is 18.3. The van der Waals surface area contributed by atoms with Gasteiger partial charge in [-0.3, -0.25) is 4.98 Å². The van der Waals surface area contributed by atoms with E-state index in [1.165, 1.54) is 6.42 Å². The van der Waals surface area contributed by atoms with Gasteiger partial charge in [0.2, 0.25) is 0 Å². The molecule has 0 aromatic carbocycles. The Kier molecular flexibility index (Phi) is 7.03. The second kappa shape index (κ2) is 9.02. The summed E-state index contributed by atoms with van der Waals surface area (Å²) in [5.74, 6) is 0. The molecular weight excluding hydrogens is 304 g/mol. The third-order valence-corrected chi connectivity index (χ3v) is 4.10. The van der Waals surface area contributed by atoms with Gasteiger partial charge in [0.15, 0.2) is 0 Å². The summed E-state index contributed by atoms with van der Waals surface area (Å²) in [6.45, 7) is 7.87. The maximum absolute atomic E-state index is 12.4. The lowest BCUT2D eigenvalue weighted by Gasteiger charge is -2.36. The molecule has 2 heterocycles. The molecule has 0 N–H and O–H groups in total. The zero-order valence-corrected chi connectivity index (χ0v) is 15.2. The van der Waals surface area contributed by atoms with Crippen molar-refractivity contribution in [3.8, 4) is 0 Å². The number of likely N-dealkylation sites (tertiary alicyclic amines) is 1. The second-order valence-corrected chi connectivity index (χ2v) is 7.37. The number of nitrogens with zero attached hydrogens (tertiary/aromatic N) is 2. The van der Waals surface area contributed by atoms with Crippen molar-refractivity contribution in [2.75, 3.05) is 13.2 Å². The molecule has 1 saturated heterocycles. The standard InChI is InChI=1S/C19H30N2O3/c1-19(2,3)24-18(22)21-13-5-4-7-17(21)8-6-14-23-15-16-9-11-20-12-10-16/h9-12,17H,4-8,13-15H2,1-3H3. The van der Waals surface area contributed by atoms with Gasteiger partial charge in [0.25, 0.3) is 0 Å². The van der Waals surface area contributed by atoms with E-state index in [4.69, 9.17) is 9.47 Å². The predicted octanol–water partition coefficient (Wildman–Crippen LogP) is 4.17. The molecule has 1 aliphatic heterocycles. The van der Waals surface area contributed by atoms with Crippen LogP contribution >= 0.6 is 0 Å². The van der Waals surface area contributed by atoms with Gasteiger partial charge in [-0.1, -0.05) is 0 Å². The Morgan fingerprint density at radius 1 is 1.29 bits per heavy atom. The number of carbonyl (C=O) groups is 1. The maximum Gasteiger partial charge on any atom is 0.410 e. The van der Waals surface area contributed by atoms with Crippen LogP contribution in [0.4, 0.5) is 4.79 Å². The predicted molar refractivity (Wildman–Crippen MR) is 93.7 cm³/mol. The van der Waals surface area contributed by atoms with Crippen LogP contribution in [-0.4, -0.2) is 40.8 Å². The number of pyridine rings is 1. The van der Waals surface area contributed by atoms with E-state index in [0.717, 1.165) is 37.8 Å². The molecule has 1 aromatic heterocycles. The summed E-state index contributed by atoms with van der Waals surface area (Å²) in [6, 6.07) is 4.20. The van der Waals surface area contributed by atoms with Gasteiger partial charge in [0.1, 0.15) is 5.60 Å². The quantitative estimate of drug-likeness (QED) is 0.733. The smallest absolute Gasteiger partial charge is 0.410 e. The third-order valence-electron chi connectivity index (χ3n) is 4.10. The Morgan fingerprint density at radius 3 is 2.75 bits per heavy atom. The first-order valence-corrected chi connectivity index (χ1v) is 8.92. The zero-order valence-electron chi connectivity index (χ0n) is 15.2. The van der Waals surface area contributed by atoms with Crippen LogP contribution < -0.4 is 0 Å². The lowest BCUT2D eigenvalue weighted by Crippen LogP contribution is -2.46. The molecule has 1 fully saturated rings. The highest BCUT2D eigenvalue weighted by Gasteiger charge is 2.29. The van der Waals surface area contributed by atoms with Crippen LogP contribution in [-0.2, 0) is 16.1 Å². The fraction of sp³-hybridized carbons (Fsp3) is 0.684. The van der Waals surface area contributed by atoms with Gasteiger partial charge < -0.3 is 14.4 Å². The van der Waals surface area contributed by atoms with Crippen molar-refractivity contribution in [1.29, 1.82) is 0 Å². The fourth-order valence-corrected chi connectivity index (χ4v) is 2.95. The summed E-state index contributed by atoms with van der Waals surface area (Å²) in [6.07, 6.45) is 8.60. The van der Waals surface area contributed by atoms with Crippen LogP contribution in [0.1, 0.15) is 58.4 Å². The van der Waals surface area contributed by atoms with E-state index in [1.54, 1.807) is 12.4 Å². The zero-order chi connectivity index (χ0) is 17.4. The van der Waals surface area contributed by atoms with E-state index in [9.17, 15) is 4.79 Å². The number of rotatable bonds is 6. The topological polar surface area (TPSA) is 51.7 Å². The Balaban J connectivity index is 1.72. The molecule has 1 aromatic rings. The third kappa shape index (κ3) is 6.48. The van der Waals surface area contributed by atoms with Gasteiger partial charge in [0.05, 0.1) is 6.61 Å². The van der Waals surface area contributed by atoms with E-state index >= 15 is 0 Å². The molecule has 0 saturated carbocycles. The van der Waals surface area contributed by atoms with Gasteiger partial charge in [-0.05, 0) is 70.6 Å². The Hall–Kier alpha value is -1.62. The van der Waals surface area contributed by atoms with E-state index in [2.05, 4.69) is 4.98 Å². The van der Waals surface area contributed by atoms with E-state index in [1.807, 2.05) is 37.8 Å².